The fraction of sp³-hybridized carbons (Fsp3) is 0.700. The zero-order chi connectivity index (χ0) is 10.8. The third kappa shape index (κ3) is 0.879. The maximum Gasteiger partial charge on any atom is 0.338 e. The first-order valence-corrected chi connectivity index (χ1v) is 4.99. The van der Waals surface area contributed by atoms with Gasteiger partial charge < -0.3 is 19.7 Å². The molecule has 5 atom stereocenters. The van der Waals surface area contributed by atoms with Crippen LogP contribution in [0.5, 0.6) is 0 Å². The largest absolute Gasteiger partial charge is 0.498 e. The van der Waals surface area contributed by atoms with Gasteiger partial charge in [0, 0.05) is 5.92 Å². The summed E-state index contributed by atoms with van der Waals surface area (Å²) in [5, 5.41) is 20.3. The molecule has 2 aliphatic heterocycles. The normalized spacial score (nSPS) is 51.9. The minimum Gasteiger partial charge on any atom is -0.498 e. The smallest absolute Gasteiger partial charge is 0.338 e. The van der Waals surface area contributed by atoms with Crippen LogP contribution in [0.1, 0.15) is 6.92 Å². The van der Waals surface area contributed by atoms with Gasteiger partial charge in [0.25, 0.3) is 0 Å². The number of esters is 1. The van der Waals surface area contributed by atoms with Crippen molar-refractivity contribution in [3.63, 3.8) is 0 Å². The summed E-state index contributed by atoms with van der Waals surface area (Å²) >= 11 is 0. The molecular formula is C10H12O5. The molecule has 2 heterocycles. The predicted molar refractivity (Wildman–Crippen MR) is 47.5 cm³/mol. The van der Waals surface area contributed by atoms with Crippen LogP contribution in [0.2, 0.25) is 0 Å². The van der Waals surface area contributed by atoms with Crippen LogP contribution in [0.25, 0.3) is 0 Å². The number of carbonyl (C=O) groups excluding carboxylic acids is 1. The van der Waals surface area contributed by atoms with E-state index in [4.69, 9.17) is 9.47 Å². The van der Waals surface area contributed by atoms with E-state index in [0.29, 0.717) is 5.57 Å². The topological polar surface area (TPSA) is 76.0 Å². The second kappa shape index (κ2) is 2.54. The van der Waals surface area contributed by atoms with Crippen LogP contribution in [0, 0.1) is 11.8 Å². The lowest BCUT2D eigenvalue weighted by Gasteiger charge is -2.34. The van der Waals surface area contributed by atoms with Gasteiger partial charge in [0.15, 0.2) is 0 Å². The highest BCUT2D eigenvalue weighted by atomic mass is 16.6. The molecule has 2 N–H and O–H groups in total. The molecule has 2 fully saturated rings. The number of hydrogen-bond acceptors (Lipinski definition) is 5. The summed E-state index contributed by atoms with van der Waals surface area (Å²) < 4.78 is 10.1. The van der Waals surface area contributed by atoms with Gasteiger partial charge in [-0.2, -0.15) is 0 Å². The molecule has 0 spiro atoms. The standard InChI is InChI=1S/C10H12O5/c1-4-7(11)8-6-5(9(12)15-8)2-14-3-10(4,6)13/h2,4,6-8,11,13H,3H2,1H3/t4-,6-,7-,8+,10-/m0/s1. The molecule has 1 aliphatic carbocycles. The van der Waals surface area contributed by atoms with Gasteiger partial charge in [0.2, 0.25) is 0 Å². The molecule has 0 aromatic rings. The number of carbonyl (C=O) groups is 1. The van der Waals surface area contributed by atoms with Gasteiger partial charge in [0.05, 0.1) is 23.9 Å². The van der Waals surface area contributed by atoms with Gasteiger partial charge in [-0.25, -0.2) is 4.79 Å². The van der Waals surface area contributed by atoms with Gasteiger partial charge >= 0.3 is 5.97 Å². The fourth-order valence-corrected chi connectivity index (χ4v) is 2.86. The van der Waals surface area contributed by atoms with Crippen molar-refractivity contribution >= 4 is 5.97 Å². The number of aliphatic hydroxyl groups is 2. The first-order valence-electron chi connectivity index (χ1n) is 4.99. The Morgan fingerprint density at radius 1 is 1.60 bits per heavy atom. The molecule has 15 heavy (non-hydrogen) atoms. The van der Waals surface area contributed by atoms with Gasteiger partial charge in [-0.05, 0) is 0 Å². The monoisotopic (exact) mass is 212 g/mol. The fourth-order valence-electron chi connectivity index (χ4n) is 2.86. The lowest BCUT2D eigenvalue weighted by Crippen LogP contribution is -2.47. The minimum absolute atomic E-state index is 0.104. The van der Waals surface area contributed by atoms with Crippen molar-refractivity contribution in [1.82, 2.24) is 0 Å². The van der Waals surface area contributed by atoms with E-state index in [2.05, 4.69) is 0 Å². The van der Waals surface area contributed by atoms with Crippen LogP contribution >= 0.6 is 0 Å². The van der Waals surface area contributed by atoms with Gasteiger partial charge in [-0.15, -0.1) is 0 Å². The third-order valence-electron chi connectivity index (χ3n) is 3.84. The Kier molecular flexibility index (Phi) is 1.55. The second-order valence-corrected chi connectivity index (χ2v) is 4.50. The molecule has 0 unspecified atom stereocenters. The maximum absolute atomic E-state index is 11.4. The Labute approximate surface area is 86.3 Å². The molecule has 0 aromatic carbocycles. The van der Waals surface area contributed by atoms with Crippen molar-refractivity contribution in [3.8, 4) is 0 Å². The van der Waals surface area contributed by atoms with Gasteiger partial charge in [-0.1, -0.05) is 6.92 Å². The minimum atomic E-state index is -1.18. The SMILES string of the molecule is C[C@H]1[C@H](O)[C@@H]2OC(=O)C3=COC[C@@]1(O)[C@@H]32. The lowest BCUT2D eigenvalue weighted by molar-refractivity contribution is -0.144. The Hall–Kier alpha value is -1.07. The van der Waals surface area contributed by atoms with Crippen molar-refractivity contribution in [2.45, 2.75) is 24.7 Å². The van der Waals surface area contributed by atoms with E-state index >= 15 is 0 Å². The summed E-state index contributed by atoms with van der Waals surface area (Å²) in [6, 6.07) is 0. The lowest BCUT2D eigenvalue weighted by atomic mass is 9.81. The summed E-state index contributed by atoms with van der Waals surface area (Å²) in [5.74, 6) is -1.29. The summed E-state index contributed by atoms with van der Waals surface area (Å²) in [4.78, 5) is 11.4. The van der Waals surface area contributed by atoms with E-state index in [1.54, 1.807) is 6.92 Å². The second-order valence-electron chi connectivity index (χ2n) is 4.50. The number of rotatable bonds is 0. The molecular weight excluding hydrogens is 200 g/mol. The molecule has 82 valence electrons. The van der Waals surface area contributed by atoms with Gasteiger partial charge in [0.1, 0.15) is 18.3 Å². The van der Waals surface area contributed by atoms with Crippen LogP contribution in [0.4, 0.5) is 0 Å². The van der Waals surface area contributed by atoms with Crippen LogP contribution in [0.15, 0.2) is 11.8 Å². The van der Waals surface area contributed by atoms with E-state index in [0.717, 1.165) is 0 Å². The van der Waals surface area contributed by atoms with Crippen LogP contribution in [0.3, 0.4) is 0 Å². The zero-order valence-corrected chi connectivity index (χ0v) is 8.21. The Balaban J connectivity index is 2.13. The molecule has 3 rings (SSSR count). The molecule has 5 heteroatoms. The van der Waals surface area contributed by atoms with Gasteiger partial charge in [-0.3, -0.25) is 0 Å². The van der Waals surface area contributed by atoms with E-state index < -0.39 is 29.7 Å². The highest BCUT2D eigenvalue weighted by Gasteiger charge is 2.66. The van der Waals surface area contributed by atoms with Crippen molar-refractivity contribution in [2.24, 2.45) is 11.8 Å². The highest BCUT2D eigenvalue weighted by Crippen LogP contribution is 2.51. The molecule has 3 aliphatic rings. The molecule has 5 nitrogen and oxygen atoms in total. The summed E-state index contributed by atoms with van der Waals surface area (Å²) in [6.45, 7) is 1.84. The van der Waals surface area contributed by atoms with E-state index in [1.165, 1.54) is 6.26 Å². The summed E-state index contributed by atoms with van der Waals surface area (Å²) in [6.07, 6.45) is -0.101. The van der Waals surface area contributed by atoms with Crippen molar-refractivity contribution in [3.05, 3.63) is 11.8 Å². The zero-order valence-electron chi connectivity index (χ0n) is 8.21. The van der Waals surface area contributed by atoms with Crippen LogP contribution in [-0.4, -0.2) is 40.6 Å². The number of aliphatic hydroxyl groups excluding tert-OH is 1. The average molecular weight is 212 g/mol. The van der Waals surface area contributed by atoms with Crippen LogP contribution < -0.4 is 0 Å². The number of ether oxygens (including phenoxy) is 2. The third-order valence-corrected chi connectivity index (χ3v) is 3.84. The quantitative estimate of drug-likeness (QED) is 0.513. The predicted octanol–water partition coefficient (Wildman–Crippen LogP) is -0.816. The molecule has 0 amide bonds. The molecule has 1 saturated carbocycles. The molecule has 0 bridgehead atoms. The van der Waals surface area contributed by atoms with E-state index in [-0.39, 0.29) is 12.5 Å². The first-order chi connectivity index (χ1) is 7.05. The molecule has 1 saturated heterocycles. The Bertz CT molecular complexity index is 363. The average Bonchev–Trinajstić information content (AvgIpc) is 2.63. The van der Waals surface area contributed by atoms with Crippen LogP contribution in [-0.2, 0) is 14.3 Å². The Morgan fingerprint density at radius 3 is 3.07 bits per heavy atom. The highest BCUT2D eigenvalue weighted by molar-refractivity contribution is 5.92. The Morgan fingerprint density at radius 2 is 2.33 bits per heavy atom. The summed E-state index contributed by atoms with van der Waals surface area (Å²) in [5.41, 5.74) is -0.836. The molecule has 0 aromatic heterocycles. The number of hydrogen-bond donors (Lipinski definition) is 2. The van der Waals surface area contributed by atoms with E-state index in [9.17, 15) is 15.0 Å². The summed E-state index contributed by atoms with van der Waals surface area (Å²) in [7, 11) is 0. The maximum atomic E-state index is 11.4. The van der Waals surface area contributed by atoms with E-state index in [1.807, 2.05) is 0 Å². The van der Waals surface area contributed by atoms with Crippen molar-refractivity contribution in [2.75, 3.05) is 6.61 Å². The van der Waals surface area contributed by atoms with Crippen molar-refractivity contribution < 1.29 is 24.5 Å². The van der Waals surface area contributed by atoms with Crippen molar-refractivity contribution in [1.29, 1.82) is 0 Å². The first kappa shape index (κ1) is 9.18. The molecule has 0 radical (unpaired) electrons.